The predicted octanol–water partition coefficient (Wildman–Crippen LogP) is 4.81. The minimum atomic E-state index is -0.136. The molecule has 0 spiro atoms. The number of oxazole rings is 1. The number of hydrogen-bond acceptors (Lipinski definition) is 3. The first kappa shape index (κ1) is 15.0. The van der Waals surface area contributed by atoms with E-state index in [-0.39, 0.29) is 11.8 Å². The van der Waals surface area contributed by atoms with E-state index in [2.05, 4.69) is 32.9 Å². The summed E-state index contributed by atoms with van der Waals surface area (Å²) in [5.74, 6) is 0.802. The average Bonchev–Trinajstić information content (AvgIpc) is 2.91. The van der Waals surface area contributed by atoms with Gasteiger partial charge in [-0.3, -0.25) is 4.79 Å². The molecule has 0 bridgehead atoms. The van der Waals surface area contributed by atoms with E-state index >= 15 is 0 Å². The maximum absolute atomic E-state index is 12.2. The summed E-state index contributed by atoms with van der Waals surface area (Å²) in [5, 5.41) is 2.89. The predicted molar refractivity (Wildman–Crippen MR) is 95.2 cm³/mol. The second-order valence-electron chi connectivity index (χ2n) is 5.35. The summed E-state index contributed by atoms with van der Waals surface area (Å²) in [5.41, 5.74) is 2.82. The van der Waals surface area contributed by atoms with Crippen LogP contribution >= 0.6 is 22.6 Å². The van der Waals surface area contributed by atoms with E-state index in [0.29, 0.717) is 17.1 Å². The van der Waals surface area contributed by atoms with Crippen LogP contribution in [0.15, 0.2) is 46.9 Å². The van der Waals surface area contributed by atoms with E-state index in [4.69, 9.17) is 4.42 Å². The van der Waals surface area contributed by atoms with Gasteiger partial charge in [-0.25, -0.2) is 4.98 Å². The third-order valence-corrected chi connectivity index (χ3v) is 3.98. The van der Waals surface area contributed by atoms with Crippen molar-refractivity contribution in [2.24, 2.45) is 0 Å². The Morgan fingerprint density at radius 1 is 1.18 bits per heavy atom. The number of benzene rings is 2. The summed E-state index contributed by atoms with van der Waals surface area (Å²) in [6.45, 7) is 4.06. The molecule has 0 fully saturated rings. The SMILES string of the molecule is CC(C)c1nc2cc(NC(=O)c3ccc(I)cc3)ccc2o1. The normalized spacial score (nSPS) is 11.1. The maximum atomic E-state index is 12.2. The van der Waals surface area contributed by atoms with Crippen molar-refractivity contribution < 1.29 is 9.21 Å². The van der Waals surface area contributed by atoms with Crippen molar-refractivity contribution >= 4 is 45.3 Å². The second kappa shape index (κ2) is 6.08. The van der Waals surface area contributed by atoms with Crippen LogP contribution in [0.25, 0.3) is 11.1 Å². The molecule has 0 radical (unpaired) electrons. The lowest BCUT2D eigenvalue weighted by molar-refractivity contribution is 0.102. The summed E-state index contributed by atoms with van der Waals surface area (Å²) < 4.78 is 6.76. The number of nitrogens with one attached hydrogen (secondary N) is 1. The lowest BCUT2D eigenvalue weighted by Gasteiger charge is -2.05. The Balaban J connectivity index is 1.84. The third-order valence-electron chi connectivity index (χ3n) is 3.26. The van der Waals surface area contributed by atoms with Crippen molar-refractivity contribution in [3.05, 3.63) is 57.5 Å². The molecule has 22 heavy (non-hydrogen) atoms. The summed E-state index contributed by atoms with van der Waals surface area (Å²) in [6, 6.07) is 12.9. The number of halogens is 1. The Morgan fingerprint density at radius 3 is 2.59 bits per heavy atom. The van der Waals surface area contributed by atoms with Crippen LogP contribution in [-0.4, -0.2) is 10.9 Å². The van der Waals surface area contributed by atoms with Crippen molar-refractivity contribution in [2.45, 2.75) is 19.8 Å². The van der Waals surface area contributed by atoms with Crippen molar-refractivity contribution in [3.8, 4) is 0 Å². The summed E-state index contributed by atoms with van der Waals surface area (Å²) in [7, 11) is 0. The fraction of sp³-hybridized carbons (Fsp3) is 0.176. The molecule has 1 amide bonds. The molecule has 0 aliphatic rings. The van der Waals surface area contributed by atoms with Crippen LogP contribution in [0.4, 0.5) is 5.69 Å². The summed E-state index contributed by atoms with van der Waals surface area (Å²) >= 11 is 2.21. The zero-order valence-electron chi connectivity index (χ0n) is 12.3. The van der Waals surface area contributed by atoms with Crippen LogP contribution in [0.1, 0.15) is 36.0 Å². The number of fused-ring (bicyclic) bond motifs is 1. The molecule has 0 unspecified atom stereocenters. The number of hydrogen-bond donors (Lipinski definition) is 1. The van der Waals surface area contributed by atoms with E-state index in [1.54, 1.807) is 0 Å². The van der Waals surface area contributed by atoms with E-state index in [9.17, 15) is 4.79 Å². The molecule has 0 saturated carbocycles. The molecule has 5 heteroatoms. The molecule has 0 atom stereocenters. The van der Waals surface area contributed by atoms with Crippen molar-refractivity contribution in [1.29, 1.82) is 0 Å². The van der Waals surface area contributed by atoms with Gasteiger partial charge in [0, 0.05) is 20.7 Å². The molecular formula is C17H15IN2O2. The van der Waals surface area contributed by atoms with Gasteiger partial charge in [0.15, 0.2) is 11.5 Å². The Kier molecular flexibility index (Phi) is 4.15. The molecule has 1 aromatic heterocycles. The molecule has 3 aromatic rings. The van der Waals surface area contributed by atoms with Gasteiger partial charge in [0.1, 0.15) is 5.52 Å². The van der Waals surface area contributed by atoms with Crippen LogP contribution in [0.5, 0.6) is 0 Å². The minimum Gasteiger partial charge on any atom is -0.440 e. The van der Waals surface area contributed by atoms with Crippen LogP contribution in [0.2, 0.25) is 0 Å². The molecular weight excluding hydrogens is 391 g/mol. The highest BCUT2D eigenvalue weighted by molar-refractivity contribution is 14.1. The lowest BCUT2D eigenvalue weighted by atomic mass is 10.2. The fourth-order valence-electron chi connectivity index (χ4n) is 2.07. The zero-order chi connectivity index (χ0) is 15.7. The summed E-state index contributed by atoms with van der Waals surface area (Å²) in [6.07, 6.45) is 0. The molecule has 4 nitrogen and oxygen atoms in total. The monoisotopic (exact) mass is 406 g/mol. The van der Waals surface area contributed by atoms with Gasteiger partial charge < -0.3 is 9.73 Å². The van der Waals surface area contributed by atoms with E-state index < -0.39 is 0 Å². The Bertz CT molecular complexity index is 822. The number of anilines is 1. The van der Waals surface area contributed by atoms with Gasteiger partial charge in [-0.2, -0.15) is 0 Å². The number of nitrogens with zero attached hydrogens (tertiary/aromatic N) is 1. The largest absolute Gasteiger partial charge is 0.440 e. The van der Waals surface area contributed by atoms with Gasteiger partial charge in [0.05, 0.1) is 0 Å². The van der Waals surface area contributed by atoms with E-state index in [1.807, 2.05) is 56.3 Å². The van der Waals surface area contributed by atoms with Crippen molar-refractivity contribution in [1.82, 2.24) is 4.98 Å². The average molecular weight is 406 g/mol. The number of carbonyl (C=O) groups is 1. The van der Waals surface area contributed by atoms with E-state index in [0.717, 1.165) is 14.7 Å². The first-order valence-electron chi connectivity index (χ1n) is 7.00. The van der Waals surface area contributed by atoms with Gasteiger partial charge in [-0.1, -0.05) is 13.8 Å². The number of rotatable bonds is 3. The molecule has 1 N–H and O–H groups in total. The Hall–Kier alpha value is -1.89. The van der Waals surface area contributed by atoms with Gasteiger partial charge in [-0.05, 0) is 65.1 Å². The lowest BCUT2D eigenvalue weighted by Crippen LogP contribution is -2.11. The second-order valence-corrected chi connectivity index (χ2v) is 6.60. The number of carbonyl (C=O) groups excluding carboxylic acids is 1. The van der Waals surface area contributed by atoms with E-state index in [1.165, 1.54) is 0 Å². The van der Waals surface area contributed by atoms with Crippen LogP contribution in [0.3, 0.4) is 0 Å². The molecule has 0 aliphatic carbocycles. The highest BCUT2D eigenvalue weighted by Gasteiger charge is 2.11. The van der Waals surface area contributed by atoms with Crippen LogP contribution in [0, 0.1) is 3.57 Å². The summed E-state index contributed by atoms with van der Waals surface area (Å²) in [4.78, 5) is 16.7. The quantitative estimate of drug-likeness (QED) is 0.636. The molecule has 3 rings (SSSR count). The molecule has 112 valence electrons. The van der Waals surface area contributed by atoms with Crippen LogP contribution < -0.4 is 5.32 Å². The van der Waals surface area contributed by atoms with Crippen molar-refractivity contribution in [2.75, 3.05) is 5.32 Å². The third kappa shape index (κ3) is 3.14. The standard InChI is InChI=1S/C17H15IN2O2/c1-10(2)17-20-14-9-13(7-8-15(14)22-17)19-16(21)11-3-5-12(18)6-4-11/h3-10H,1-2H3,(H,19,21). The Labute approximate surface area is 142 Å². The first-order valence-corrected chi connectivity index (χ1v) is 8.08. The molecule has 0 aliphatic heterocycles. The van der Waals surface area contributed by atoms with Gasteiger partial charge >= 0.3 is 0 Å². The molecule has 0 saturated heterocycles. The van der Waals surface area contributed by atoms with Gasteiger partial charge in [-0.15, -0.1) is 0 Å². The van der Waals surface area contributed by atoms with Crippen molar-refractivity contribution in [3.63, 3.8) is 0 Å². The fourth-order valence-corrected chi connectivity index (χ4v) is 2.43. The zero-order valence-corrected chi connectivity index (χ0v) is 14.4. The first-order chi connectivity index (χ1) is 10.5. The van der Waals surface area contributed by atoms with Crippen LogP contribution in [-0.2, 0) is 0 Å². The highest BCUT2D eigenvalue weighted by Crippen LogP contribution is 2.24. The van der Waals surface area contributed by atoms with Gasteiger partial charge in [0.2, 0.25) is 0 Å². The minimum absolute atomic E-state index is 0.136. The Morgan fingerprint density at radius 2 is 1.91 bits per heavy atom. The van der Waals surface area contributed by atoms with Gasteiger partial charge in [0.25, 0.3) is 5.91 Å². The number of aromatic nitrogens is 1. The molecule has 2 aromatic carbocycles. The topological polar surface area (TPSA) is 55.1 Å². The number of amides is 1. The molecule has 1 heterocycles. The highest BCUT2D eigenvalue weighted by atomic mass is 127. The smallest absolute Gasteiger partial charge is 0.255 e. The maximum Gasteiger partial charge on any atom is 0.255 e.